The first-order chi connectivity index (χ1) is 11.4. The highest BCUT2D eigenvalue weighted by molar-refractivity contribution is 7.92. The lowest BCUT2D eigenvalue weighted by Gasteiger charge is -2.36. The number of anilines is 1. The lowest BCUT2D eigenvalue weighted by Crippen LogP contribution is -2.58. The van der Waals surface area contributed by atoms with Crippen molar-refractivity contribution in [1.29, 1.82) is 0 Å². The second kappa shape index (κ2) is 6.26. The van der Waals surface area contributed by atoms with Crippen molar-refractivity contribution in [3.8, 4) is 0 Å². The molecule has 7 nitrogen and oxygen atoms in total. The van der Waals surface area contributed by atoms with Crippen LogP contribution in [-0.2, 0) is 21.2 Å². The number of aromatic nitrogens is 2. The number of benzene rings is 1. The maximum absolute atomic E-state index is 13.3. The smallest absolute Gasteiger partial charge is 0.250 e. The Bertz CT molecular complexity index is 919. The third kappa shape index (κ3) is 2.63. The highest BCUT2D eigenvalue weighted by Crippen LogP contribution is 2.35. The van der Waals surface area contributed by atoms with Crippen LogP contribution in [0.3, 0.4) is 0 Å². The van der Waals surface area contributed by atoms with E-state index in [9.17, 15) is 13.2 Å². The number of fused-ring (bicyclic) bond motifs is 3. The van der Waals surface area contributed by atoms with Crippen molar-refractivity contribution in [3.05, 3.63) is 24.3 Å². The number of imidazole rings is 1. The molecule has 2 aliphatic rings. The van der Waals surface area contributed by atoms with Crippen molar-refractivity contribution in [2.45, 2.75) is 24.1 Å². The molecule has 1 N–H and O–H groups in total. The Hall–Kier alpha value is -1.64. The fourth-order valence-electron chi connectivity index (χ4n) is 3.80. The summed E-state index contributed by atoms with van der Waals surface area (Å²) in [6.07, 6.45) is 1.79. The van der Waals surface area contributed by atoms with Gasteiger partial charge in [-0.25, -0.2) is 13.4 Å². The van der Waals surface area contributed by atoms with Gasteiger partial charge < -0.3 is 9.88 Å². The molecule has 9 heteroatoms. The molecule has 0 bridgehead atoms. The highest BCUT2D eigenvalue weighted by Gasteiger charge is 2.52. The van der Waals surface area contributed by atoms with E-state index in [2.05, 4.69) is 10.3 Å². The fourth-order valence-corrected chi connectivity index (χ4v) is 5.17. The third-order valence-electron chi connectivity index (χ3n) is 5.18. The molecule has 0 unspecified atom stereocenters. The van der Waals surface area contributed by atoms with E-state index in [0.717, 1.165) is 11.0 Å². The molecule has 1 amide bonds. The molecule has 2 aliphatic heterocycles. The summed E-state index contributed by atoms with van der Waals surface area (Å²) in [5.74, 6) is 0.225. The predicted octanol–water partition coefficient (Wildman–Crippen LogP) is 0.971. The summed E-state index contributed by atoms with van der Waals surface area (Å²) in [6.45, 7) is 2.17. The van der Waals surface area contributed by atoms with Crippen LogP contribution in [0.5, 0.6) is 0 Å². The number of piperidine rings is 1. The molecular weight excluding hydrogens is 364 g/mol. The van der Waals surface area contributed by atoms with Gasteiger partial charge >= 0.3 is 0 Å². The molecular formula is C16H21ClN4O3S. The Morgan fingerprint density at radius 3 is 2.56 bits per heavy atom. The number of hydrogen-bond acceptors (Lipinski definition) is 5. The Morgan fingerprint density at radius 2 is 1.88 bits per heavy atom. The Morgan fingerprint density at radius 1 is 1.20 bits per heavy atom. The number of halogens is 1. The lowest BCUT2D eigenvalue weighted by molar-refractivity contribution is -0.121. The number of sulfone groups is 1. The molecule has 0 atom stereocenters. The van der Waals surface area contributed by atoms with Gasteiger partial charge in [-0.3, -0.25) is 9.69 Å². The van der Waals surface area contributed by atoms with Crippen molar-refractivity contribution >= 4 is 45.1 Å². The fraction of sp³-hybridized carbons (Fsp3) is 0.500. The van der Waals surface area contributed by atoms with Gasteiger partial charge in [-0.1, -0.05) is 12.1 Å². The average molecular weight is 385 g/mol. The summed E-state index contributed by atoms with van der Waals surface area (Å²) in [4.78, 5) is 19.4. The van der Waals surface area contributed by atoms with Crippen LogP contribution in [0.2, 0.25) is 0 Å². The normalized spacial score (nSPS) is 19.5. The largest absolute Gasteiger partial charge is 0.317 e. The van der Waals surface area contributed by atoms with Crippen molar-refractivity contribution < 1.29 is 13.2 Å². The molecule has 1 aromatic heterocycles. The van der Waals surface area contributed by atoms with Crippen LogP contribution in [-0.4, -0.2) is 54.5 Å². The molecule has 2 aromatic rings. The monoisotopic (exact) mass is 384 g/mol. The number of nitrogens with zero attached hydrogens (tertiary/aromatic N) is 3. The minimum atomic E-state index is -3.53. The van der Waals surface area contributed by atoms with Gasteiger partial charge in [0.25, 0.3) is 5.91 Å². The number of nitrogens with one attached hydrogen (secondary N) is 1. The van der Waals surface area contributed by atoms with E-state index in [-0.39, 0.29) is 18.3 Å². The summed E-state index contributed by atoms with van der Waals surface area (Å²) in [5, 5.41) is 3.14. The second-order valence-electron chi connectivity index (χ2n) is 6.53. The topological polar surface area (TPSA) is 84.3 Å². The van der Waals surface area contributed by atoms with Crippen molar-refractivity contribution in [1.82, 2.24) is 14.9 Å². The van der Waals surface area contributed by atoms with Gasteiger partial charge in [-0.05, 0) is 38.1 Å². The van der Waals surface area contributed by atoms with Crippen molar-refractivity contribution in [3.63, 3.8) is 0 Å². The molecule has 25 heavy (non-hydrogen) atoms. The first-order valence-corrected chi connectivity index (χ1v) is 10.0. The van der Waals surface area contributed by atoms with Crippen LogP contribution in [0, 0.1) is 0 Å². The van der Waals surface area contributed by atoms with E-state index in [1.54, 1.807) is 4.90 Å². The van der Waals surface area contributed by atoms with Crippen LogP contribution < -0.4 is 10.2 Å². The van der Waals surface area contributed by atoms with Crippen molar-refractivity contribution in [2.24, 2.45) is 0 Å². The Balaban J connectivity index is 0.00000182. The van der Waals surface area contributed by atoms with E-state index in [1.807, 2.05) is 28.8 Å². The number of para-hydroxylation sites is 2. The molecule has 1 aromatic carbocycles. The van der Waals surface area contributed by atoms with Crippen LogP contribution in [0.15, 0.2) is 24.3 Å². The van der Waals surface area contributed by atoms with E-state index >= 15 is 0 Å². The zero-order valence-corrected chi connectivity index (χ0v) is 15.6. The van der Waals surface area contributed by atoms with Crippen LogP contribution in [0.1, 0.15) is 12.8 Å². The molecule has 0 radical (unpaired) electrons. The average Bonchev–Trinajstić information content (AvgIpc) is 3.12. The third-order valence-corrected chi connectivity index (χ3v) is 7.18. The Kier molecular flexibility index (Phi) is 4.55. The van der Waals surface area contributed by atoms with Gasteiger partial charge in [0.2, 0.25) is 5.95 Å². The molecule has 1 fully saturated rings. The van der Waals surface area contributed by atoms with E-state index in [4.69, 9.17) is 0 Å². The molecule has 3 heterocycles. The Labute approximate surface area is 152 Å². The predicted molar refractivity (Wildman–Crippen MR) is 99.0 cm³/mol. The maximum atomic E-state index is 13.3. The molecule has 0 aliphatic carbocycles. The summed E-state index contributed by atoms with van der Waals surface area (Å²) >= 11 is 0. The van der Waals surface area contributed by atoms with Gasteiger partial charge in [0.1, 0.15) is 0 Å². The maximum Gasteiger partial charge on any atom is 0.250 e. The number of carbonyl (C=O) groups excluding carboxylic acids is 1. The summed E-state index contributed by atoms with van der Waals surface area (Å²) in [5.41, 5.74) is 1.80. The number of amides is 1. The quantitative estimate of drug-likeness (QED) is 0.834. The molecule has 1 saturated heterocycles. The van der Waals surface area contributed by atoms with Gasteiger partial charge in [0, 0.05) is 19.3 Å². The summed E-state index contributed by atoms with van der Waals surface area (Å²) < 4.78 is 25.6. The van der Waals surface area contributed by atoms with Gasteiger partial charge in [-0.2, -0.15) is 0 Å². The minimum absolute atomic E-state index is 0. The minimum Gasteiger partial charge on any atom is -0.317 e. The zero-order valence-electron chi connectivity index (χ0n) is 13.9. The molecule has 0 saturated carbocycles. The second-order valence-corrected chi connectivity index (χ2v) is 8.85. The lowest BCUT2D eigenvalue weighted by atomic mass is 9.95. The zero-order chi connectivity index (χ0) is 16.9. The van der Waals surface area contributed by atoms with Crippen molar-refractivity contribution in [2.75, 3.05) is 30.8 Å². The molecule has 4 rings (SSSR count). The molecule has 136 valence electrons. The first-order valence-electron chi connectivity index (χ1n) is 8.12. The number of carbonyl (C=O) groups is 1. The van der Waals surface area contributed by atoms with Crippen LogP contribution in [0.25, 0.3) is 11.0 Å². The van der Waals surface area contributed by atoms with E-state index < -0.39 is 14.6 Å². The SMILES string of the molecule is CS(=O)(=O)C1(C(=O)N2CCn3c2nc2ccccc23)CCNCC1.Cl. The standard InChI is InChI=1S/C16H20N4O3S.ClH/c1-24(22,23)16(6-8-17-9-7-16)14(21)20-11-10-19-13-5-3-2-4-12(13)18-15(19)20;/h2-5,17H,6-11H2,1H3;1H. The van der Waals surface area contributed by atoms with Crippen LogP contribution in [0.4, 0.5) is 5.95 Å². The van der Waals surface area contributed by atoms with Gasteiger partial charge in [-0.15, -0.1) is 12.4 Å². The molecule has 0 spiro atoms. The first kappa shape index (κ1) is 18.2. The van der Waals surface area contributed by atoms with Crippen LogP contribution >= 0.6 is 12.4 Å². The highest BCUT2D eigenvalue weighted by atomic mass is 35.5. The van der Waals surface area contributed by atoms with Gasteiger partial charge in [0.15, 0.2) is 14.6 Å². The van der Waals surface area contributed by atoms with E-state index in [1.165, 1.54) is 6.26 Å². The van der Waals surface area contributed by atoms with E-state index in [0.29, 0.717) is 45.0 Å². The number of hydrogen-bond donors (Lipinski definition) is 1. The number of rotatable bonds is 2. The summed E-state index contributed by atoms with van der Waals surface area (Å²) in [7, 11) is -3.53. The summed E-state index contributed by atoms with van der Waals surface area (Å²) in [6, 6.07) is 7.71. The van der Waals surface area contributed by atoms with Gasteiger partial charge in [0.05, 0.1) is 11.0 Å².